The second-order valence-corrected chi connectivity index (χ2v) is 6.96. The van der Waals surface area contributed by atoms with Crippen LogP contribution in [0.3, 0.4) is 0 Å². The third-order valence-electron chi connectivity index (χ3n) is 5.16. The van der Waals surface area contributed by atoms with E-state index < -0.39 is 0 Å². The maximum absolute atomic E-state index is 13.1. The fraction of sp³-hybridized carbons (Fsp3) is 0.429. The van der Waals surface area contributed by atoms with Gasteiger partial charge in [-0.15, -0.1) is 0 Å². The van der Waals surface area contributed by atoms with E-state index in [4.69, 9.17) is 4.74 Å². The molecule has 0 radical (unpaired) electrons. The zero-order valence-corrected chi connectivity index (χ0v) is 15.6. The van der Waals surface area contributed by atoms with Crippen LogP contribution < -0.4 is 4.74 Å². The maximum atomic E-state index is 13.1. The van der Waals surface area contributed by atoms with Crippen molar-refractivity contribution in [1.82, 2.24) is 9.80 Å². The van der Waals surface area contributed by atoms with Gasteiger partial charge in [-0.05, 0) is 36.2 Å². The van der Waals surface area contributed by atoms with E-state index in [0.29, 0.717) is 18.7 Å². The first-order valence-corrected chi connectivity index (χ1v) is 9.27. The summed E-state index contributed by atoms with van der Waals surface area (Å²) < 4.78 is 18.5. The summed E-state index contributed by atoms with van der Waals surface area (Å²) in [6.07, 6.45) is 0.676. The number of rotatable bonds is 7. The molecule has 1 saturated heterocycles. The lowest BCUT2D eigenvalue weighted by atomic mass is 10.1. The molecule has 0 aliphatic carbocycles. The van der Waals surface area contributed by atoms with E-state index in [9.17, 15) is 14.6 Å². The molecule has 1 aliphatic rings. The number of aliphatic hydroxyl groups is 1. The van der Waals surface area contributed by atoms with Crippen LogP contribution in [0, 0.1) is 5.82 Å². The average molecular weight is 374 g/mol. The van der Waals surface area contributed by atoms with Gasteiger partial charge in [0.05, 0.1) is 7.11 Å². The Morgan fingerprint density at radius 3 is 2.59 bits per heavy atom. The van der Waals surface area contributed by atoms with Crippen LogP contribution in [0.5, 0.6) is 11.5 Å². The Morgan fingerprint density at radius 2 is 1.89 bits per heavy atom. The SMILES string of the molecule is COc1cccc(O)c1CN1CCN(Cc2ccc(F)cc2)[C@H](CCO)C1. The summed E-state index contributed by atoms with van der Waals surface area (Å²) in [6, 6.07) is 12.1. The summed E-state index contributed by atoms with van der Waals surface area (Å²) in [7, 11) is 1.60. The third kappa shape index (κ3) is 4.97. The number of nitrogens with zero attached hydrogens (tertiary/aromatic N) is 2. The summed E-state index contributed by atoms with van der Waals surface area (Å²) in [5.41, 5.74) is 1.85. The Hall–Kier alpha value is -2.15. The lowest BCUT2D eigenvalue weighted by Crippen LogP contribution is -2.52. The van der Waals surface area contributed by atoms with E-state index in [1.165, 1.54) is 12.1 Å². The molecule has 0 unspecified atom stereocenters. The average Bonchev–Trinajstić information content (AvgIpc) is 2.67. The van der Waals surface area contributed by atoms with Gasteiger partial charge in [-0.1, -0.05) is 18.2 Å². The molecule has 6 heteroatoms. The van der Waals surface area contributed by atoms with Gasteiger partial charge in [0, 0.05) is 50.9 Å². The largest absolute Gasteiger partial charge is 0.507 e. The van der Waals surface area contributed by atoms with Crippen molar-refractivity contribution in [2.45, 2.75) is 25.6 Å². The lowest BCUT2D eigenvalue weighted by Gasteiger charge is -2.41. The number of ether oxygens (including phenoxy) is 1. The highest BCUT2D eigenvalue weighted by Crippen LogP contribution is 2.29. The van der Waals surface area contributed by atoms with Crippen LogP contribution in [0.1, 0.15) is 17.5 Å². The van der Waals surface area contributed by atoms with Crippen LogP contribution in [0.25, 0.3) is 0 Å². The quantitative estimate of drug-likeness (QED) is 0.780. The Bertz CT molecular complexity index is 739. The Balaban J connectivity index is 1.68. The van der Waals surface area contributed by atoms with E-state index in [-0.39, 0.29) is 24.2 Å². The number of phenolic OH excluding ortho intramolecular Hbond substituents is 1. The molecule has 1 atom stereocenters. The van der Waals surface area contributed by atoms with Crippen molar-refractivity contribution < 1.29 is 19.3 Å². The summed E-state index contributed by atoms with van der Waals surface area (Å²) in [5.74, 6) is 0.691. The molecule has 2 aromatic carbocycles. The van der Waals surface area contributed by atoms with Crippen LogP contribution >= 0.6 is 0 Å². The summed E-state index contributed by atoms with van der Waals surface area (Å²) in [4.78, 5) is 4.61. The minimum Gasteiger partial charge on any atom is -0.507 e. The number of piperazine rings is 1. The van der Waals surface area contributed by atoms with E-state index in [2.05, 4.69) is 9.80 Å². The molecule has 146 valence electrons. The predicted molar refractivity (Wildman–Crippen MR) is 102 cm³/mol. The van der Waals surface area contributed by atoms with Gasteiger partial charge in [-0.2, -0.15) is 0 Å². The molecular weight excluding hydrogens is 347 g/mol. The van der Waals surface area contributed by atoms with E-state index in [1.54, 1.807) is 19.2 Å². The topological polar surface area (TPSA) is 56.2 Å². The number of benzene rings is 2. The molecule has 27 heavy (non-hydrogen) atoms. The van der Waals surface area contributed by atoms with Gasteiger partial charge < -0.3 is 14.9 Å². The maximum Gasteiger partial charge on any atom is 0.127 e. The molecule has 0 amide bonds. The summed E-state index contributed by atoms with van der Waals surface area (Å²) >= 11 is 0. The number of hydrogen-bond donors (Lipinski definition) is 2. The van der Waals surface area contributed by atoms with E-state index in [1.807, 2.05) is 18.2 Å². The molecule has 1 fully saturated rings. The monoisotopic (exact) mass is 374 g/mol. The first-order chi connectivity index (χ1) is 13.1. The van der Waals surface area contributed by atoms with Crippen LogP contribution in [-0.2, 0) is 13.1 Å². The summed E-state index contributed by atoms with van der Waals surface area (Å²) in [5, 5.41) is 19.7. The number of hydrogen-bond acceptors (Lipinski definition) is 5. The van der Waals surface area contributed by atoms with E-state index in [0.717, 1.165) is 37.3 Å². The second kappa shape index (κ2) is 9.17. The lowest BCUT2D eigenvalue weighted by molar-refractivity contribution is 0.0492. The van der Waals surface area contributed by atoms with Crippen LogP contribution in [0.2, 0.25) is 0 Å². The van der Waals surface area contributed by atoms with Crippen molar-refractivity contribution in [3.63, 3.8) is 0 Å². The van der Waals surface area contributed by atoms with Gasteiger partial charge in [-0.25, -0.2) is 4.39 Å². The number of phenols is 1. The molecule has 2 aromatic rings. The normalized spacial score (nSPS) is 18.6. The Morgan fingerprint density at radius 1 is 1.11 bits per heavy atom. The van der Waals surface area contributed by atoms with Crippen LogP contribution in [0.4, 0.5) is 4.39 Å². The van der Waals surface area contributed by atoms with Crippen molar-refractivity contribution in [2.24, 2.45) is 0 Å². The molecule has 2 N–H and O–H groups in total. The molecule has 0 aromatic heterocycles. The number of halogens is 1. The standard InChI is InChI=1S/C21H27FN2O3/c1-27-21-4-2-3-20(26)19(21)15-23-10-11-24(18(14-23)9-12-25)13-16-5-7-17(22)8-6-16/h2-8,18,25-26H,9-15H2,1H3/t18-/m1/s1. The predicted octanol–water partition coefficient (Wildman–Crippen LogP) is 2.61. The minimum atomic E-state index is -0.230. The fourth-order valence-corrected chi connectivity index (χ4v) is 3.68. The number of aromatic hydroxyl groups is 1. The van der Waals surface area contributed by atoms with Gasteiger partial charge in [0.2, 0.25) is 0 Å². The molecular formula is C21H27FN2O3. The Kier molecular flexibility index (Phi) is 6.66. The second-order valence-electron chi connectivity index (χ2n) is 6.96. The van der Waals surface area contributed by atoms with E-state index >= 15 is 0 Å². The van der Waals surface area contributed by atoms with Gasteiger partial charge in [0.1, 0.15) is 17.3 Å². The van der Waals surface area contributed by atoms with Gasteiger partial charge in [0.15, 0.2) is 0 Å². The molecule has 1 heterocycles. The molecule has 0 bridgehead atoms. The highest BCUT2D eigenvalue weighted by atomic mass is 19.1. The van der Waals surface area contributed by atoms with Crippen molar-refractivity contribution in [2.75, 3.05) is 33.4 Å². The molecule has 5 nitrogen and oxygen atoms in total. The van der Waals surface area contributed by atoms with Gasteiger partial charge in [0.25, 0.3) is 0 Å². The molecule has 1 aliphatic heterocycles. The summed E-state index contributed by atoms with van der Waals surface area (Å²) in [6.45, 7) is 3.94. The third-order valence-corrected chi connectivity index (χ3v) is 5.16. The Labute approximate surface area is 159 Å². The number of aliphatic hydroxyl groups excluding tert-OH is 1. The smallest absolute Gasteiger partial charge is 0.127 e. The highest BCUT2D eigenvalue weighted by Gasteiger charge is 2.27. The minimum absolute atomic E-state index is 0.123. The molecule has 3 rings (SSSR count). The first kappa shape index (κ1) is 19.6. The zero-order chi connectivity index (χ0) is 19.2. The van der Waals surface area contributed by atoms with Crippen molar-refractivity contribution in [1.29, 1.82) is 0 Å². The van der Waals surface area contributed by atoms with Crippen molar-refractivity contribution in [3.8, 4) is 11.5 Å². The molecule has 0 saturated carbocycles. The van der Waals surface area contributed by atoms with Gasteiger partial charge in [-0.3, -0.25) is 9.80 Å². The highest BCUT2D eigenvalue weighted by molar-refractivity contribution is 5.43. The fourth-order valence-electron chi connectivity index (χ4n) is 3.68. The van der Waals surface area contributed by atoms with Gasteiger partial charge >= 0.3 is 0 Å². The first-order valence-electron chi connectivity index (χ1n) is 9.27. The van der Waals surface area contributed by atoms with Crippen LogP contribution in [-0.4, -0.2) is 59.4 Å². The molecule has 0 spiro atoms. The van der Waals surface area contributed by atoms with Crippen molar-refractivity contribution in [3.05, 3.63) is 59.4 Å². The van der Waals surface area contributed by atoms with Crippen molar-refractivity contribution >= 4 is 0 Å². The number of methoxy groups -OCH3 is 1. The zero-order valence-electron chi connectivity index (χ0n) is 15.6. The van der Waals surface area contributed by atoms with Crippen LogP contribution in [0.15, 0.2) is 42.5 Å².